The fourth-order valence-corrected chi connectivity index (χ4v) is 4.55. The molecule has 0 unspecified atom stereocenters. The van der Waals surface area contributed by atoms with Crippen LogP contribution in [0.5, 0.6) is 0 Å². The fraction of sp³-hybridized carbons (Fsp3) is 0.435. The van der Waals surface area contributed by atoms with E-state index in [2.05, 4.69) is 49.9 Å². The summed E-state index contributed by atoms with van der Waals surface area (Å²) in [7, 11) is 0. The molecule has 1 aliphatic carbocycles. The van der Waals surface area contributed by atoms with E-state index in [0.29, 0.717) is 5.92 Å². The quantitative estimate of drug-likeness (QED) is 0.511. The Morgan fingerprint density at radius 2 is 1.92 bits per heavy atom. The Balaban J connectivity index is 0.00000109. The summed E-state index contributed by atoms with van der Waals surface area (Å²) < 4.78 is 0. The van der Waals surface area contributed by atoms with Crippen molar-refractivity contribution < 1.29 is 0 Å². The normalized spacial score (nSPS) is 15.0. The molecule has 2 aromatic rings. The number of hydrogen-bond acceptors (Lipinski definition) is 2. The monoisotopic (exact) mass is 353 g/mol. The number of allylic oxidation sites excluding steroid dienone is 3. The highest BCUT2D eigenvalue weighted by atomic mass is 32.1. The molecule has 1 aliphatic rings. The van der Waals surface area contributed by atoms with Gasteiger partial charge in [0.1, 0.15) is 0 Å². The average molecular weight is 354 g/mol. The molecule has 134 valence electrons. The summed E-state index contributed by atoms with van der Waals surface area (Å²) in [6.45, 7) is 12.4. The Morgan fingerprint density at radius 3 is 2.56 bits per heavy atom. The maximum atomic E-state index is 5.07. The summed E-state index contributed by atoms with van der Waals surface area (Å²) in [5, 5.41) is 1.31. The van der Waals surface area contributed by atoms with Crippen LogP contribution in [0.1, 0.15) is 74.2 Å². The van der Waals surface area contributed by atoms with E-state index in [9.17, 15) is 0 Å². The van der Waals surface area contributed by atoms with Crippen LogP contribution in [-0.4, -0.2) is 4.98 Å². The molecule has 1 aromatic carbocycles. The molecule has 3 rings (SSSR count). The minimum absolute atomic E-state index is 0.643. The van der Waals surface area contributed by atoms with Crippen LogP contribution in [0.15, 0.2) is 43.0 Å². The molecule has 0 radical (unpaired) electrons. The van der Waals surface area contributed by atoms with Gasteiger partial charge in [0.25, 0.3) is 0 Å². The fourth-order valence-electron chi connectivity index (χ4n) is 3.34. The Morgan fingerprint density at radius 1 is 1.20 bits per heavy atom. The lowest BCUT2D eigenvalue weighted by molar-refractivity contribution is 0.442. The predicted octanol–water partition coefficient (Wildman–Crippen LogP) is 7.78. The van der Waals surface area contributed by atoms with Crippen molar-refractivity contribution in [3.63, 3.8) is 0 Å². The van der Waals surface area contributed by atoms with Gasteiger partial charge < -0.3 is 0 Å². The van der Waals surface area contributed by atoms with Crippen LogP contribution in [-0.2, 0) is 0 Å². The van der Waals surface area contributed by atoms with E-state index in [-0.39, 0.29) is 0 Å². The number of aryl methyl sites for hydroxylation is 1. The van der Waals surface area contributed by atoms with Crippen LogP contribution in [0, 0.1) is 6.92 Å². The molecule has 0 bridgehead atoms. The van der Waals surface area contributed by atoms with Gasteiger partial charge in [0, 0.05) is 11.5 Å². The van der Waals surface area contributed by atoms with E-state index >= 15 is 0 Å². The zero-order chi connectivity index (χ0) is 18.2. The second-order valence-corrected chi connectivity index (χ2v) is 7.49. The standard InChI is InChI=1S/C21H25NS.C2H6/c1-4-9-16(3)20-19(18-13-8-10-15(2)14-18)22-21(23-20)17-11-6-5-7-12-17;1-2/h4,8-10,13-14,17H,3,5-7,11-12H2,1-2H3;1-2H3/b9-4-;. The molecule has 1 saturated carbocycles. The lowest BCUT2D eigenvalue weighted by Gasteiger charge is -2.18. The third kappa shape index (κ3) is 4.92. The molecule has 0 aliphatic heterocycles. The molecule has 1 fully saturated rings. The summed E-state index contributed by atoms with van der Waals surface area (Å²) >= 11 is 1.85. The van der Waals surface area contributed by atoms with Crippen LogP contribution < -0.4 is 0 Å². The molecule has 0 atom stereocenters. The van der Waals surface area contributed by atoms with Gasteiger partial charge in [-0.2, -0.15) is 0 Å². The van der Waals surface area contributed by atoms with Crippen molar-refractivity contribution in [2.45, 2.75) is 65.7 Å². The van der Waals surface area contributed by atoms with Crippen molar-refractivity contribution >= 4 is 16.9 Å². The zero-order valence-electron chi connectivity index (χ0n) is 16.1. The maximum absolute atomic E-state index is 5.07. The number of benzene rings is 1. The topological polar surface area (TPSA) is 12.9 Å². The highest BCUT2D eigenvalue weighted by Gasteiger charge is 2.22. The van der Waals surface area contributed by atoms with Crippen LogP contribution in [0.25, 0.3) is 16.8 Å². The highest BCUT2D eigenvalue weighted by molar-refractivity contribution is 7.13. The minimum atomic E-state index is 0.643. The van der Waals surface area contributed by atoms with E-state index in [1.807, 2.05) is 32.1 Å². The van der Waals surface area contributed by atoms with E-state index in [1.165, 1.54) is 53.1 Å². The second-order valence-electron chi connectivity index (χ2n) is 6.46. The number of aromatic nitrogens is 1. The van der Waals surface area contributed by atoms with Crippen molar-refractivity contribution in [2.24, 2.45) is 0 Å². The van der Waals surface area contributed by atoms with Crippen molar-refractivity contribution in [1.82, 2.24) is 4.98 Å². The zero-order valence-corrected chi connectivity index (χ0v) is 17.0. The van der Waals surface area contributed by atoms with Gasteiger partial charge in [-0.05, 0) is 38.3 Å². The first-order valence-electron chi connectivity index (χ1n) is 9.58. The van der Waals surface area contributed by atoms with Gasteiger partial charge in [0.2, 0.25) is 0 Å². The molecule has 1 aromatic heterocycles. The molecule has 1 heterocycles. The Bertz CT molecular complexity index is 717. The van der Waals surface area contributed by atoms with Gasteiger partial charge >= 0.3 is 0 Å². The summed E-state index contributed by atoms with van der Waals surface area (Å²) in [6.07, 6.45) is 10.8. The van der Waals surface area contributed by atoms with Crippen molar-refractivity contribution in [3.05, 3.63) is 58.4 Å². The molecule has 2 heteroatoms. The SMILES string of the molecule is C=C(/C=C\C)c1sc(C2CCCCC2)nc1-c1cccc(C)c1.CC. The first-order chi connectivity index (χ1) is 12.2. The molecule has 25 heavy (non-hydrogen) atoms. The predicted molar refractivity (Wildman–Crippen MR) is 113 cm³/mol. The number of nitrogens with zero attached hydrogens (tertiary/aromatic N) is 1. The van der Waals surface area contributed by atoms with Crippen LogP contribution in [0.2, 0.25) is 0 Å². The van der Waals surface area contributed by atoms with Crippen molar-refractivity contribution in [2.75, 3.05) is 0 Å². The van der Waals surface area contributed by atoms with Gasteiger partial charge in [-0.1, -0.05) is 75.6 Å². The summed E-state index contributed by atoms with van der Waals surface area (Å²) in [6, 6.07) is 8.65. The van der Waals surface area contributed by atoms with Crippen molar-refractivity contribution in [1.29, 1.82) is 0 Å². The maximum Gasteiger partial charge on any atom is 0.0969 e. The molecular formula is C23H31NS. The Hall–Kier alpha value is -1.67. The number of hydrogen-bond donors (Lipinski definition) is 0. The van der Waals surface area contributed by atoms with Gasteiger partial charge in [-0.25, -0.2) is 4.98 Å². The van der Waals surface area contributed by atoms with Crippen molar-refractivity contribution in [3.8, 4) is 11.3 Å². The van der Waals surface area contributed by atoms with Gasteiger partial charge in [0.05, 0.1) is 15.6 Å². The molecule has 0 spiro atoms. The Labute approximate surface area is 157 Å². The first kappa shape index (κ1) is 19.7. The van der Waals surface area contributed by atoms with Crippen LogP contribution >= 0.6 is 11.3 Å². The highest BCUT2D eigenvalue weighted by Crippen LogP contribution is 2.41. The van der Waals surface area contributed by atoms with E-state index < -0.39 is 0 Å². The van der Waals surface area contributed by atoms with E-state index in [0.717, 1.165) is 11.3 Å². The van der Waals surface area contributed by atoms with Gasteiger partial charge in [0.15, 0.2) is 0 Å². The second kappa shape index (κ2) is 9.72. The number of rotatable bonds is 4. The smallest absolute Gasteiger partial charge is 0.0969 e. The largest absolute Gasteiger partial charge is 0.240 e. The Kier molecular flexibility index (Phi) is 7.64. The van der Waals surface area contributed by atoms with E-state index in [4.69, 9.17) is 4.98 Å². The summed E-state index contributed by atoms with van der Waals surface area (Å²) in [5.74, 6) is 0.643. The molecular weight excluding hydrogens is 322 g/mol. The summed E-state index contributed by atoms with van der Waals surface area (Å²) in [5.41, 5.74) is 4.67. The molecule has 0 N–H and O–H groups in total. The van der Waals surface area contributed by atoms with E-state index in [1.54, 1.807) is 0 Å². The third-order valence-corrected chi connectivity index (χ3v) is 5.84. The molecule has 1 nitrogen and oxygen atoms in total. The molecule has 0 amide bonds. The molecule has 0 saturated heterocycles. The lowest BCUT2D eigenvalue weighted by atomic mass is 9.90. The van der Waals surface area contributed by atoms with Gasteiger partial charge in [-0.15, -0.1) is 11.3 Å². The first-order valence-corrected chi connectivity index (χ1v) is 10.4. The van der Waals surface area contributed by atoms with Crippen LogP contribution in [0.3, 0.4) is 0 Å². The van der Waals surface area contributed by atoms with Gasteiger partial charge in [-0.3, -0.25) is 0 Å². The minimum Gasteiger partial charge on any atom is -0.240 e. The number of thiazole rings is 1. The summed E-state index contributed by atoms with van der Waals surface area (Å²) in [4.78, 5) is 6.30. The third-order valence-electron chi connectivity index (χ3n) is 4.55. The average Bonchev–Trinajstić information content (AvgIpc) is 3.10. The van der Waals surface area contributed by atoms with Crippen LogP contribution in [0.4, 0.5) is 0 Å². The lowest BCUT2D eigenvalue weighted by Crippen LogP contribution is -2.03.